The first-order chi connectivity index (χ1) is 20.7. The van der Waals surface area contributed by atoms with E-state index in [1.165, 1.54) is 26.4 Å². The van der Waals surface area contributed by atoms with Gasteiger partial charge in [0.05, 0.1) is 35.1 Å². The number of halogens is 2. The molecule has 2 aromatic heterocycles. The Labute approximate surface area is 256 Å². The fraction of sp³-hybridized carbons (Fsp3) is 0.233. The Kier molecular flexibility index (Phi) is 9.07. The molecule has 13 heteroatoms. The second-order valence-electron chi connectivity index (χ2n) is 9.76. The topological polar surface area (TPSA) is 136 Å². The lowest BCUT2D eigenvalue weighted by Gasteiger charge is -2.31. The molecule has 11 nitrogen and oxygen atoms in total. The van der Waals surface area contributed by atoms with Gasteiger partial charge in [-0.2, -0.15) is 5.10 Å². The zero-order valence-electron chi connectivity index (χ0n) is 23.2. The molecule has 0 bridgehead atoms. The lowest BCUT2D eigenvalue weighted by molar-refractivity contribution is -0.156. The first-order valence-corrected chi connectivity index (χ1v) is 14.0. The van der Waals surface area contributed by atoms with E-state index in [2.05, 4.69) is 10.4 Å². The van der Waals surface area contributed by atoms with E-state index in [0.29, 0.717) is 58.7 Å². The molecule has 3 heterocycles. The maximum Gasteiger partial charge on any atom is 0.334 e. The van der Waals surface area contributed by atoms with Gasteiger partial charge in [-0.1, -0.05) is 59.6 Å². The summed E-state index contributed by atoms with van der Waals surface area (Å²) in [5, 5.41) is 16.5. The van der Waals surface area contributed by atoms with Crippen LogP contribution in [0.25, 0.3) is 22.4 Å². The van der Waals surface area contributed by atoms with Crippen LogP contribution in [0.4, 0.5) is 5.69 Å². The van der Waals surface area contributed by atoms with Crippen LogP contribution in [0.3, 0.4) is 0 Å². The molecule has 2 aromatic carbocycles. The van der Waals surface area contributed by atoms with E-state index >= 15 is 0 Å². The van der Waals surface area contributed by atoms with Crippen molar-refractivity contribution >= 4 is 40.8 Å². The molecule has 5 rings (SSSR count). The highest BCUT2D eigenvalue weighted by Crippen LogP contribution is 2.41. The van der Waals surface area contributed by atoms with Crippen LogP contribution in [0.2, 0.25) is 10.0 Å². The molecule has 0 spiro atoms. The molecule has 1 saturated heterocycles. The fourth-order valence-corrected chi connectivity index (χ4v) is 5.40. The van der Waals surface area contributed by atoms with Crippen molar-refractivity contribution < 1.29 is 24.2 Å². The molecule has 4 aromatic rings. The molecule has 222 valence electrons. The molecule has 0 unspecified atom stereocenters. The van der Waals surface area contributed by atoms with Gasteiger partial charge in [0, 0.05) is 55.1 Å². The summed E-state index contributed by atoms with van der Waals surface area (Å²) in [5.41, 5.74) is 2.86. The SMILES string of the molecule is COc1nc(-c2cccc(-c3cccc(NC(=O)c4ccnn(C)c4=O)c3Cl)c2Cl)ccc1CN1CCO[C@@H](C(=O)O)C1. The lowest BCUT2D eigenvalue weighted by Crippen LogP contribution is -2.45. The fourth-order valence-electron chi connectivity index (χ4n) is 4.80. The summed E-state index contributed by atoms with van der Waals surface area (Å²) < 4.78 is 12.0. The largest absolute Gasteiger partial charge is 0.481 e. The average Bonchev–Trinajstić information content (AvgIpc) is 3.00. The van der Waals surface area contributed by atoms with Gasteiger partial charge in [0.2, 0.25) is 5.88 Å². The highest BCUT2D eigenvalue weighted by Gasteiger charge is 2.27. The van der Waals surface area contributed by atoms with Crippen molar-refractivity contribution in [3.05, 3.63) is 92.3 Å². The summed E-state index contributed by atoms with van der Waals surface area (Å²) >= 11 is 13.7. The number of nitrogens with one attached hydrogen (secondary N) is 1. The van der Waals surface area contributed by atoms with Gasteiger partial charge in [0.25, 0.3) is 11.5 Å². The molecule has 1 fully saturated rings. The Morgan fingerprint density at radius 2 is 1.79 bits per heavy atom. The van der Waals surface area contributed by atoms with Gasteiger partial charge in [-0.05, 0) is 18.2 Å². The third kappa shape index (κ3) is 6.40. The minimum Gasteiger partial charge on any atom is -0.481 e. The highest BCUT2D eigenvalue weighted by atomic mass is 35.5. The predicted molar refractivity (Wildman–Crippen MR) is 162 cm³/mol. The molecular formula is C30H27Cl2N5O6. The molecule has 1 aliphatic heterocycles. The number of carbonyl (C=O) groups is 2. The van der Waals surface area contributed by atoms with Crippen LogP contribution in [0.5, 0.6) is 5.88 Å². The van der Waals surface area contributed by atoms with Crippen LogP contribution >= 0.6 is 23.2 Å². The number of carboxylic acid groups (broad SMARTS) is 1. The van der Waals surface area contributed by atoms with Gasteiger partial charge in [0.15, 0.2) is 6.10 Å². The van der Waals surface area contributed by atoms with E-state index in [-0.39, 0.29) is 17.1 Å². The monoisotopic (exact) mass is 623 g/mol. The summed E-state index contributed by atoms with van der Waals surface area (Å²) in [6.07, 6.45) is 0.488. The van der Waals surface area contributed by atoms with Crippen LogP contribution in [0.1, 0.15) is 15.9 Å². The molecule has 1 amide bonds. The van der Waals surface area contributed by atoms with Crippen molar-refractivity contribution in [3.63, 3.8) is 0 Å². The maximum atomic E-state index is 12.9. The molecule has 2 N–H and O–H groups in total. The molecule has 1 atom stereocenters. The Morgan fingerprint density at radius 3 is 2.53 bits per heavy atom. The van der Waals surface area contributed by atoms with Crippen molar-refractivity contribution in [2.45, 2.75) is 12.6 Å². The van der Waals surface area contributed by atoms with Gasteiger partial charge < -0.3 is 19.9 Å². The number of benzene rings is 2. The zero-order valence-corrected chi connectivity index (χ0v) is 24.7. The quantitative estimate of drug-likeness (QED) is 0.293. The van der Waals surface area contributed by atoms with Gasteiger partial charge in [0.1, 0.15) is 5.56 Å². The minimum absolute atomic E-state index is 0.0715. The summed E-state index contributed by atoms with van der Waals surface area (Å²) in [6.45, 7) is 1.61. The normalized spacial score (nSPS) is 15.2. The van der Waals surface area contributed by atoms with Crippen molar-refractivity contribution in [3.8, 4) is 28.3 Å². The number of pyridine rings is 1. The smallest absolute Gasteiger partial charge is 0.334 e. The molecule has 0 radical (unpaired) electrons. The number of methoxy groups -OCH3 is 1. The first kappa shape index (κ1) is 30.2. The van der Waals surface area contributed by atoms with Crippen molar-refractivity contribution in [2.24, 2.45) is 7.05 Å². The number of morpholine rings is 1. The van der Waals surface area contributed by atoms with Crippen LogP contribution in [0, 0.1) is 0 Å². The third-order valence-corrected chi connectivity index (χ3v) is 7.83. The van der Waals surface area contributed by atoms with Crippen molar-refractivity contribution in [2.75, 3.05) is 32.1 Å². The number of carboxylic acids is 1. The van der Waals surface area contributed by atoms with Gasteiger partial charge in [-0.25, -0.2) is 14.5 Å². The average molecular weight is 624 g/mol. The number of anilines is 1. The number of hydrogen-bond acceptors (Lipinski definition) is 8. The Bertz CT molecular complexity index is 1760. The van der Waals surface area contributed by atoms with Crippen molar-refractivity contribution in [1.29, 1.82) is 0 Å². The standard InChI is InChI=1S/C30H27Cl2N5O6/c1-36-29(39)21(11-12-33-36)27(38)34-23-8-4-6-19(26(23)32)18-5-3-7-20(25(18)31)22-10-9-17(28(35-22)42-2)15-37-13-14-43-24(16-37)30(40)41/h3-12,24H,13-16H2,1-2H3,(H,34,38)(H,40,41)/t24-/m1/s1. The number of aliphatic carboxylic acids is 1. The highest BCUT2D eigenvalue weighted by molar-refractivity contribution is 6.39. The lowest BCUT2D eigenvalue weighted by atomic mass is 10.00. The molecule has 0 aliphatic carbocycles. The van der Waals surface area contributed by atoms with Gasteiger partial charge in [-0.3, -0.25) is 14.5 Å². The molecule has 43 heavy (non-hydrogen) atoms. The van der Waals surface area contributed by atoms with Crippen LogP contribution in [0.15, 0.2) is 65.6 Å². The second kappa shape index (κ2) is 12.9. The number of aromatic nitrogens is 3. The summed E-state index contributed by atoms with van der Waals surface area (Å²) in [5.74, 6) is -1.22. The minimum atomic E-state index is -0.993. The third-order valence-electron chi connectivity index (χ3n) is 7.01. The molecule has 0 saturated carbocycles. The summed E-state index contributed by atoms with van der Waals surface area (Å²) in [7, 11) is 2.98. The molecule has 1 aliphatic rings. The van der Waals surface area contributed by atoms with E-state index < -0.39 is 23.5 Å². The van der Waals surface area contributed by atoms with Crippen LogP contribution in [-0.4, -0.2) is 69.6 Å². The zero-order chi connectivity index (χ0) is 30.7. The van der Waals surface area contributed by atoms with E-state index in [1.807, 2.05) is 29.2 Å². The number of ether oxygens (including phenoxy) is 2. The number of nitrogens with zero attached hydrogens (tertiary/aromatic N) is 4. The van der Waals surface area contributed by atoms with Gasteiger partial charge in [-0.15, -0.1) is 0 Å². The maximum absolute atomic E-state index is 12.9. The van der Waals surface area contributed by atoms with E-state index in [0.717, 1.165) is 10.2 Å². The number of amides is 1. The number of carbonyl (C=O) groups excluding carboxylic acids is 1. The van der Waals surface area contributed by atoms with E-state index in [4.69, 9.17) is 37.7 Å². The van der Waals surface area contributed by atoms with Crippen LogP contribution < -0.4 is 15.6 Å². The van der Waals surface area contributed by atoms with Crippen LogP contribution in [-0.2, 0) is 23.1 Å². The van der Waals surface area contributed by atoms with E-state index in [1.54, 1.807) is 24.3 Å². The number of rotatable bonds is 8. The predicted octanol–water partition coefficient (Wildman–Crippen LogP) is 4.36. The number of aryl methyl sites for hydroxylation is 1. The Balaban J connectivity index is 1.42. The Morgan fingerprint density at radius 1 is 1.07 bits per heavy atom. The second-order valence-corrected chi connectivity index (χ2v) is 10.5. The summed E-state index contributed by atoms with van der Waals surface area (Å²) in [6, 6.07) is 15.6. The van der Waals surface area contributed by atoms with Gasteiger partial charge >= 0.3 is 5.97 Å². The summed E-state index contributed by atoms with van der Waals surface area (Å²) in [4.78, 5) is 43.2. The Hall–Kier alpha value is -4.29. The first-order valence-electron chi connectivity index (χ1n) is 13.2. The van der Waals surface area contributed by atoms with Crippen molar-refractivity contribution in [1.82, 2.24) is 19.7 Å². The van der Waals surface area contributed by atoms with E-state index in [9.17, 15) is 19.5 Å². The number of hydrogen-bond donors (Lipinski definition) is 2. The molecular weight excluding hydrogens is 597 g/mol.